The van der Waals surface area contributed by atoms with Crippen LogP contribution in [0.4, 0.5) is 0 Å². The number of ether oxygens (including phenoxy) is 1. The van der Waals surface area contributed by atoms with E-state index in [1.165, 1.54) is 33.4 Å². The highest BCUT2D eigenvalue weighted by Gasteiger charge is 2.49. The summed E-state index contributed by atoms with van der Waals surface area (Å²) >= 11 is 0. The normalized spacial score (nSPS) is 12.9. The number of rotatable bonds is 4. The number of para-hydroxylation sites is 2. The molecule has 3 heterocycles. The number of pyridine rings is 1. The molecule has 0 N–H and O–H groups in total. The average Bonchev–Trinajstić information content (AvgIpc) is 3.38. The Morgan fingerprint density at radius 3 is 1.57 bits per heavy atom. The Kier molecular flexibility index (Phi) is 7.36. The molecule has 9 aromatic rings. The Hall–Kier alpha value is -7.43. The zero-order valence-electron chi connectivity index (χ0n) is 30.3. The molecule has 0 fully saturated rings. The lowest BCUT2D eigenvalue weighted by Crippen LogP contribution is -2.34. The van der Waals surface area contributed by atoms with Crippen LogP contribution in [0, 0.1) is 0 Å². The topological polar surface area (TPSA) is 47.9 Å². The molecule has 0 saturated carbocycles. The Morgan fingerprint density at radius 1 is 0.357 bits per heavy atom. The van der Waals surface area contributed by atoms with Gasteiger partial charge in [-0.05, 0) is 74.8 Å². The third-order valence-electron chi connectivity index (χ3n) is 11.3. The molecule has 7 aromatic carbocycles. The van der Waals surface area contributed by atoms with Crippen molar-refractivity contribution in [1.82, 2.24) is 15.0 Å². The maximum atomic E-state index is 6.71. The minimum absolute atomic E-state index is 0.677. The average molecular weight is 716 g/mol. The molecule has 262 valence electrons. The van der Waals surface area contributed by atoms with E-state index in [9.17, 15) is 0 Å². The fraction of sp³-hybridized carbons (Fsp3) is 0.0192. The van der Waals surface area contributed by atoms with Crippen LogP contribution in [-0.4, -0.2) is 15.0 Å². The van der Waals surface area contributed by atoms with Gasteiger partial charge < -0.3 is 4.74 Å². The Balaban J connectivity index is 1.19. The van der Waals surface area contributed by atoms with Gasteiger partial charge in [-0.3, -0.25) is 4.98 Å². The zero-order chi connectivity index (χ0) is 37.1. The largest absolute Gasteiger partial charge is 0.457 e. The van der Waals surface area contributed by atoms with Crippen molar-refractivity contribution in [2.45, 2.75) is 5.41 Å². The van der Waals surface area contributed by atoms with Crippen LogP contribution in [0.3, 0.4) is 0 Å². The molecule has 0 unspecified atom stereocenters. The fourth-order valence-electron chi connectivity index (χ4n) is 8.79. The van der Waals surface area contributed by atoms with Gasteiger partial charge in [0, 0.05) is 40.2 Å². The highest BCUT2D eigenvalue weighted by molar-refractivity contribution is 5.94. The molecule has 11 rings (SSSR count). The maximum absolute atomic E-state index is 6.71. The van der Waals surface area contributed by atoms with Crippen molar-refractivity contribution in [1.29, 1.82) is 0 Å². The molecule has 1 spiro atoms. The molecule has 0 amide bonds. The molecule has 0 saturated heterocycles. The lowest BCUT2D eigenvalue weighted by Gasteiger charge is -2.42. The molecule has 1 aliphatic heterocycles. The summed E-state index contributed by atoms with van der Waals surface area (Å²) in [6, 6.07) is 66.6. The van der Waals surface area contributed by atoms with Gasteiger partial charge in [0.15, 0.2) is 5.82 Å². The second-order valence-corrected chi connectivity index (χ2v) is 14.3. The Bertz CT molecular complexity index is 2890. The highest BCUT2D eigenvalue weighted by Crippen LogP contribution is 2.61. The summed E-state index contributed by atoms with van der Waals surface area (Å²) in [5.41, 5.74) is 15.6. The molecule has 2 aromatic heterocycles. The summed E-state index contributed by atoms with van der Waals surface area (Å²) in [6.45, 7) is 0. The molecular formula is C52H33N3O. The minimum Gasteiger partial charge on any atom is -0.457 e. The number of hydrogen-bond donors (Lipinski definition) is 0. The molecule has 0 atom stereocenters. The van der Waals surface area contributed by atoms with Crippen LogP contribution in [0.5, 0.6) is 11.5 Å². The lowest BCUT2D eigenvalue weighted by atomic mass is 9.62. The van der Waals surface area contributed by atoms with Crippen molar-refractivity contribution >= 4 is 0 Å². The number of nitrogens with zero attached hydrogens (tertiary/aromatic N) is 3. The van der Waals surface area contributed by atoms with Crippen molar-refractivity contribution in [3.8, 4) is 78.8 Å². The van der Waals surface area contributed by atoms with Gasteiger partial charge in [-0.25, -0.2) is 9.97 Å². The summed E-state index contributed by atoms with van der Waals surface area (Å²) in [4.78, 5) is 14.8. The van der Waals surface area contributed by atoms with Gasteiger partial charge in [-0.1, -0.05) is 158 Å². The first kappa shape index (κ1) is 32.0. The van der Waals surface area contributed by atoms with Crippen LogP contribution in [0.2, 0.25) is 0 Å². The monoisotopic (exact) mass is 715 g/mol. The number of benzene rings is 7. The van der Waals surface area contributed by atoms with Crippen molar-refractivity contribution in [3.05, 3.63) is 223 Å². The maximum Gasteiger partial charge on any atom is 0.160 e. The molecule has 56 heavy (non-hydrogen) atoms. The quantitative estimate of drug-likeness (QED) is 0.182. The van der Waals surface area contributed by atoms with Gasteiger partial charge in [-0.2, -0.15) is 0 Å². The van der Waals surface area contributed by atoms with Crippen LogP contribution >= 0.6 is 0 Å². The predicted molar refractivity (Wildman–Crippen MR) is 224 cm³/mol. The van der Waals surface area contributed by atoms with Gasteiger partial charge >= 0.3 is 0 Å². The Labute approximate surface area is 325 Å². The van der Waals surface area contributed by atoms with Gasteiger partial charge in [-0.15, -0.1) is 0 Å². The van der Waals surface area contributed by atoms with Gasteiger partial charge in [0.05, 0.1) is 16.8 Å². The van der Waals surface area contributed by atoms with Gasteiger partial charge in [0.2, 0.25) is 0 Å². The molecule has 2 aliphatic rings. The first-order valence-electron chi connectivity index (χ1n) is 18.9. The third-order valence-corrected chi connectivity index (χ3v) is 11.3. The predicted octanol–water partition coefficient (Wildman–Crippen LogP) is 12.7. The molecule has 0 radical (unpaired) electrons. The smallest absolute Gasteiger partial charge is 0.160 e. The van der Waals surface area contributed by atoms with Crippen LogP contribution < -0.4 is 4.74 Å². The molecular weight excluding hydrogens is 683 g/mol. The SMILES string of the molecule is c1ccc(-c2nc(-c3ccc(-c4cccnc4)cc3)cc(-c3ccc4c(c3)C3(c5ccccc5Oc5ccccc53)c3ccccc3-c3ccccc3-4)n2)cc1. The first-order chi connectivity index (χ1) is 27.8. The summed E-state index contributed by atoms with van der Waals surface area (Å²) in [5, 5.41) is 0. The van der Waals surface area contributed by atoms with Crippen LogP contribution in [0.15, 0.2) is 200 Å². The fourth-order valence-corrected chi connectivity index (χ4v) is 8.79. The van der Waals surface area contributed by atoms with Gasteiger partial charge in [0.25, 0.3) is 0 Å². The van der Waals surface area contributed by atoms with Crippen LogP contribution in [0.25, 0.3) is 67.3 Å². The summed E-state index contributed by atoms with van der Waals surface area (Å²) in [7, 11) is 0. The van der Waals surface area contributed by atoms with Crippen molar-refractivity contribution in [2.24, 2.45) is 0 Å². The highest BCUT2D eigenvalue weighted by atomic mass is 16.5. The standard InChI is InChI=1S/C52H33N3O/c1-2-13-36(14-3-1)51-54-47(35-26-24-34(25-27-35)38-15-12-30-53-33-38)32-48(55-51)37-28-29-42-40-17-5-4-16-39(40)41-18-6-7-19-43(41)52(46(42)31-37)44-20-8-10-22-49(44)56-50-23-11-9-21-45(50)52/h1-33H. The van der Waals surface area contributed by atoms with E-state index in [1.54, 1.807) is 6.20 Å². The van der Waals surface area contributed by atoms with Crippen molar-refractivity contribution < 1.29 is 4.74 Å². The molecule has 4 heteroatoms. The van der Waals surface area contributed by atoms with E-state index < -0.39 is 5.41 Å². The summed E-state index contributed by atoms with van der Waals surface area (Å²) < 4.78 is 6.71. The number of hydrogen-bond acceptors (Lipinski definition) is 4. The number of aromatic nitrogens is 3. The van der Waals surface area contributed by atoms with Crippen LogP contribution in [0.1, 0.15) is 22.3 Å². The first-order valence-corrected chi connectivity index (χ1v) is 18.9. The van der Waals surface area contributed by atoms with E-state index in [-0.39, 0.29) is 0 Å². The molecule has 4 nitrogen and oxygen atoms in total. The van der Waals surface area contributed by atoms with Gasteiger partial charge in [0.1, 0.15) is 11.5 Å². The van der Waals surface area contributed by atoms with E-state index >= 15 is 0 Å². The van der Waals surface area contributed by atoms with E-state index in [0.717, 1.165) is 61.8 Å². The van der Waals surface area contributed by atoms with Crippen molar-refractivity contribution in [2.75, 3.05) is 0 Å². The second kappa shape index (κ2) is 12.9. The van der Waals surface area contributed by atoms with E-state index in [1.807, 2.05) is 30.5 Å². The zero-order valence-corrected chi connectivity index (χ0v) is 30.3. The Morgan fingerprint density at radius 2 is 0.893 bits per heavy atom. The molecule has 1 aliphatic carbocycles. The van der Waals surface area contributed by atoms with E-state index in [4.69, 9.17) is 14.7 Å². The number of fused-ring (bicyclic) bond motifs is 11. The van der Waals surface area contributed by atoms with E-state index in [0.29, 0.717) is 5.82 Å². The van der Waals surface area contributed by atoms with Crippen LogP contribution in [-0.2, 0) is 5.41 Å². The summed E-state index contributed by atoms with van der Waals surface area (Å²) in [5.74, 6) is 2.39. The minimum atomic E-state index is -0.702. The summed E-state index contributed by atoms with van der Waals surface area (Å²) in [6.07, 6.45) is 3.69. The van der Waals surface area contributed by atoms with E-state index in [2.05, 4.69) is 169 Å². The lowest BCUT2D eigenvalue weighted by molar-refractivity contribution is 0.435. The third kappa shape index (κ3) is 4.96. The molecule has 0 bridgehead atoms. The van der Waals surface area contributed by atoms with Crippen molar-refractivity contribution in [3.63, 3.8) is 0 Å². The second-order valence-electron chi connectivity index (χ2n) is 14.3.